The van der Waals surface area contributed by atoms with Crippen molar-refractivity contribution in [3.63, 3.8) is 0 Å². The molecule has 0 aliphatic rings. The number of amides is 2. The van der Waals surface area contributed by atoms with Gasteiger partial charge < -0.3 is 15.4 Å². The number of rotatable bonds is 6. The fourth-order valence-corrected chi connectivity index (χ4v) is 1.13. The average molecular weight is 249 g/mol. The Morgan fingerprint density at radius 1 is 1.39 bits per heavy atom. The van der Waals surface area contributed by atoms with Crippen molar-refractivity contribution in [3.8, 4) is 0 Å². The molecule has 0 aliphatic heterocycles. The number of pyridine rings is 1. The SMILES string of the molecule is C=CCOC(=O)NCCNC(=O)c1cccnc1. The zero-order valence-corrected chi connectivity index (χ0v) is 9.89. The van der Waals surface area contributed by atoms with Gasteiger partial charge in [0.15, 0.2) is 0 Å². The molecule has 0 fully saturated rings. The van der Waals surface area contributed by atoms with E-state index in [1.54, 1.807) is 18.3 Å². The number of nitrogens with zero attached hydrogens (tertiary/aromatic N) is 1. The first-order chi connectivity index (χ1) is 8.74. The van der Waals surface area contributed by atoms with Crippen LogP contribution in [0.3, 0.4) is 0 Å². The van der Waals surface area contributed by atoms with E-state index in [-0.39, 0.29) is 12.5 Å². The maximum absolute atomic E-state index is 11.6. The Morgan fingerprint density at radius 3 is 2.83 bits per heavy atom. The van der Waals surface area contributed by atoms with E-state index in [9.17, 15) is 9.59 Å². The van der Waals surface area contributed by atoms with E-state index < -0.39 is 6.09 Å². The number of ether oxygens (including phenoxy) is 1. The number of carbonyl (C=O) groups excluding carboxylic acids is 2. The fraction of sp³-hybridized carbons (Fsp3) is 0.250. The highest BCUT2D eigenvalue weighted by Gasteiger charge is 2.04. The third-order valence-corrected chi connectivity index (χ3v) is 1.94. The van der Waals surface area contributed by atoms with Gasteiger partial charge in [-0.05, 0) is 12.1 Å². The summed E-state index contributed by atoms with van der Waals surface area (Å²) >= 11 is 0. The van der Waals surface area contributed by atoms with E-state index in [1.165, 1.54) is 12.3 Å². The standard InChI is InChI=1S/C12H15N3O3/c1-2-8-18-12(17)15-7-6-14-11(16)10-4-3-5-13-9-10/h2-5,9H,1,6-8H2,(H,14,16)(H,15,17). The molecule has 1 aromatic heterocycles. The lowest BCUT2D eigenvalue weighted by atomic mass is 10.3. The highest BCUT2D eigenvalue weighted by Crippen LogP contribution is 1.94. The van der Waals surface area contributed by atoms with E-state index in [4.69, 9.17) is 4.74 Å². The Hall–Kier alpha value is -2.37. The third kappa shape index (κ3) is 5.11. The van der Waals surface area contributed by atoms with Crippen molar-refractivity contribution >= 4 is 12.0 Å². The number of hydrogen-bond donors (Lipinski definition) is 2. The van der Waals surface area contributed by atoms with Crippen LogP contribution in [0, 0.1) is 0 Å². The second-order valence-corrected chi connectivity index (χ2v) is 3.31. The van der Waals surface area contributed by atoms with Gasteiger partial charge in [-0.3, -0.25) is 9.78 Å². The molecule has 0 unspecified atom stereocenters. The average Bonchev–Trinajstić information content (AvgIpc) is 2.42. The summed E-state index contributed by atoms with van der Waals surface area (Å²) in [7, 11) is 0. The smallest absolute Gasteiger partial charge is 0.407 e. The molecule has 6 nitrogen and oxygen atoms in total. The summed E-state index contributed by atoms with van der Waals surface area (Å²) in [5, 5.41) is 5.13. The van der Waals surface area contributed by atoms with Crippen LogP contribution in [0.25, 0.3) is 0 Å². The zero-order valence-electron chi connectivity index (χ0n) is 9.89. The summed E-state index contributed by atoms with van der Waals surface area (Å²) in [5.41, 5.74) is 0.478. The lowest BCUT2D eigenvalue weighted by Crippen LogP contribution is -2.35. The Morgan fingerprint density at radius 2 is 2.17 bits per heavy atom. The number of hydrogen-bond acceptors (Lipinski definition) is 4. The summed E-state index contributed by atoms with van der Waals surface area (Å²) in [6, 6.07) is 3.34. The van der Waals surface area contributed by atoms with Crippen LogP contribution in [0.1, 0.15) is 10.4 Å². The van der Waals surface area contributed by atoms with Crippen LogP contribution < -0.4 is 10.6 Å². The Kier molecular flexibility index (Phi) is 5.96. The molecule has 0 aromatic carbocycles. The molecule has 0 spiro atoms. The van der Waals surface area contributed by atoms with Gasteiger partial charge in [-0.15, -0.1) is 0 Å². The number of carbonyl (C=O) groups is 2. The quantitative estimate of drug-likeness (QED) is 0.575. The molecule has 2 N–H and O–H groups in total. The van der Waals surface area contributed by atoms with Crippen molar-refractivity contribution in [2.45, 2.75) is 0 Å². The summed E-state index contributed by atoms with van der Waals surface area (Å²) in [6.07, 6.45) is 4.00. The minimum absolute atomic E-state index is 0.161. The van der Waals surface area contributed by atoms with Crippen LogP contribution in [0.15, 0.2) is 37.2 Å². The van der Waals surface area contributed by atoms with Gasteiger partial charge in [-0.1, -0.05) is 12.7 Å². The van der Waals surface area contributed by atoms with Crippen molar-refractivity contribution < 1.29 is 14.3 Å². The molecule has 1 aromatic rings. The van der Waals surface area contributed by atoms with Gasteiger partial charge in [0.2, 0.25) is 0 Å². The lowest BCUT2D eigenvalue weighted by molar-refractivity contribution is 0.0952. The second kappa shape index (κ2) is 7.83. The van der Waals surface area contributed by atoms with E-state index in [0.29, 0.717) is 18.7 Å². The van der Waals surface area contributed by atoms with Gasteiger partial charge in [0.1, 0.15) is 6.61 Å². The predicted octanol–water partition coefficient (Wildman–Crippen LogP) is 0.724. The summed E-state index contributed by atoms with van der Waals surface area (Å²) in [6.45, 7) is 4.19. The molecule has 0 saturated heterocycles. The van der Waals surface area contributed by atoms with Gasteiger partial charge >= 0.3 is 6.09 Å². The molecule has 1 heterocycles. The zero-order chi connectivity index (χ0) is 13.2. The fourth-order valence-electron chi connectivity index (χ4n) is 1.13. The van der Waals surface area contributed by atoms with Crippen LogP contribution in [0.2, 0.25) is 0 Å². The number of nitrogens with one attached hydrogen (secondary N) is 2. The van der Waals surface area contributed by atoms with E-state index >= 15 is 0 Å². The predicted molar refractivity (Wildman–Crippen MR) is 66.1 cm³/mol. The molecule has 18 heavy (non-hydrogen) atoms. The number of alkyl carbamates (subject to hydrolysis) is 1. The summed E-state index contributed by atoms with van der Waals surface area (Å²) < 4.78 is 4.69. The minimum Gasteiger partial charge on any atom is -0.445 e. The topological polar surface area (TPSA) is 80.3 Å². The largest absolute Gasteiger partial charge is 0.445 e. The van der Waals surface area contributed by atoms with Gasteiger partial charge in [0.25, 0.3) is 5.91 Å². The van der Waals surface area contributed by atoms with Crippen LogP contribution in [0.4, 0.5) is 4.79 Å². The van der Waals surface area contributed by atoms with Crippen LogP contribution in [-0.2, 0) is 4.74 Å². The van der Waals surface area contributed by atoms with Crippen molar-refractivity contribution in [1.29, 1.82) is 0 Å². The third-order valence-electron chi connectivity index (χ3n) is 1.94. The molecule has 0 saturated carbocycles. The van der Waals surface area contributed by atoms with Crippen molar-refractivity contribution in [2.75, 3.05) is 19.7 Å². The molecule has 0 radical (unpaired) electrons. The Bertz CT molecular complexity index is 406. The van der Waals surface area contributed by atoms with Crippen molar-refractivity contribution in [1.82, 2.24) is 15.6 Å². The first-order valence-corrected chi connectivity index (χ1v) is 5.44. The molecular weight excluding hydrogens is 234 g/mol. The van der Waals surface area contributed by atoms with E-state index in [0.717, 1.165) is 0 Å². The van der Waals surface area contributed by atoms with Crippen LogP contribution in [-0.4, -0.2) is 36.7 Å². The minimum atomic E-state index is -0.537. The van der Waals surface area contributed by atoms with Gasteiger partial charge in [-0.2, -0.15) is 0 Å². The van der Waals surface area contributed by atoms with Gasteiger partial charge in [0, 0.05) is 25.5 Å². The van der Waals surface area contributed by atoms with Crippen LogP contribution in [0.5, 0.6) is 0 Å². The van der Waals surface area contributed by atoms with Crippen LogP contribution >= 0.6 is 0 Å². The molecule has 1 rings (SSSR count). The van der Waals surface area contributed by atoms with Gasteiger partial charge in [-0.25, -0.2) is 4.79 Å². The normalized spacial score (nSPS) is 9.33. The van der Waals surface area contributed by atoms with Crippen molar-refractivity contribution in [2.24, 2.45) is 0 Å². The summed E-state index contributed by atoms with van der Waals surface area (Å²) in [4.78, 5) is 26.4. The monoisotopic (exact) mass is 249 g/mol. The summed E-state index contributed by atoms with van der Waals surface area (Å²) in [5.74, 6) is -0.232. The highest BCUT2D eigenvalue weighted by atomic mass is 16.5. The van der Waals surface area contributed by atoms with Crippen molar-refractivity contribution in [3.05, 3.63) is 42.7 Å². The lowest BCUT2D eigenvalue weighted by Gasteiger charge is -2.06. The molecule has 0 atom stereocenters. The maximum Gasteiger partial charge on any atom is 0.407 e. The molecule has 0 bridgehead atoms. The molecular formula is C12H15N3O3. The molecule has 6 heteroatoms. The van der Waals surface area contributed by atoms with E-state index in [2.05, 4.69) is 22.2 Å². The second-order valence-electron chi connectivity index (χ2n) is 3.31. The first-order valence-electron chi connectivity index (χ1n) is 5.44. The molecule has 2 amide bonds. The maximum atomic E-state index is 11.6. The Balaban J connectivity index is 2.17. The van der Waals surface area contributed by atoms with E-state index in [1.807, 2.05) is 0 Å². The Labute approximate surface area is 105 Å². The van der Waals surface area contributed by atoms with Gasteiger partial charge in [0.05, 0.1) is 5.56 Å². The molecule has 0 aliphatic carbocycles. The number of aromatic nitrogens is 1. The first kappa shape index (κ1) is 13.7. The molecule has 96 valence electrons. The highest BCUT2D eigenvalue weighted by molar-refractivity contribution is 5.93.